The summed E-state index contributed by atoms with van der Waals surface area (Å²) >= 11 is 0. The summed E-state index contributed by atoms with van der Waals surface area (Å²) in [6.45, 7) is 2.50. The van der Waals surface area contributed by atoms with Gasteiger partial charge in [-0.1, -0.05) is 6.42 Å². The Morgan fingerprint density at radius 1 is 1.39 bits per heavy atom. The number of rotatable bonds is 4. The topological polar surface area (TPSA) is 49.6 Å². The second-order valence-electron chi connectivity index (χ2n) is 6.33. The standard InChI is InChI=1S/C14H27N3O/c1-16(2)12-5-3-8-17(10-12)13(18)9-14(11-15)6-4-7-14/h12H,3-11,15H2,1-2H3. The third-order valence-electron chi connectivity index (χ3n) is 4.85. The van der Waals surface area contributed by atoms with Crippen LogP contribution in [-0.2, 0) is 4.79 Å². The van der Waals surface area contributed by atoms with Crippen molar-refractivity contribution in [2.75, 3.05) is 33.7 Å². The van der Waals surface area contributed by atoms with Gasteiger partial charge in [0.05, 0.1) is 0 Å². The van der Waals surface area contributed by atoms with Crippen molar-refractivity contribution < 1.29 is 4.79 Å². The van der Waals surface area contributed by atoms with Gasteiger partial charge in [0.25, 0.3) is 0 Å². The number of hydrogen-bond acceptors (Lipinski definition) is 3. The van der Waals surface area contributed by atoms with Crippen LogP contribution in [0.5, 0.6) is 0 Å². The SMILES string of the molecule is CN(C)C1CCCN(C(=O)CC2(CN)CCC2)C1. The Kier molecular flexibility index (Phi) is 4.28. The van der Waals surface area contributed by atoms with Crippen molar-refractivity contribution in [3.05, 3.63) is 0 Å². The number of likely N-dealkylation sites (N-methyl/N-ethyl adjacent to an activating group) is 1. The van der Waals surface area contributed by atoms with Gasteiger partial charge in [0.15, 0.2) is 0 Å². The number of hydrogen-bond donors (Lipinski definition) is 1. The first-order valence-electron chi connectivity index (χ1n) is 7.21. The Morgan fingerprint density at radius 3 is 2.61 bits per heavy atom. The van der Waals surface area contributed by atoms with Gasteiger partial charge in [0.2, 0.25) is 5.91 Å². The highest BCUT2D eigenvalue weighted by Crippen LogP contribution is 2.43. The minimum Gasteiger partial charge on any atom is -0.341 e. The van der Waals surface area contributed by atoms with E-state index in [1.165, 1.54) is 12.8 Å². The molecule has 0 aromatic rings. The fourth-order valence-corrected chi connectivity index (χ4v) is 3.17. The Hall–Kier alpha value is -0.610. The maximum absolute atomic E-state index is 12.4. The quantitative estimate of drug-likeness (QED) is 0.815. The van der Waals surface area contributed by atoms with Gasteiger partial charge in [-0.25, -0.2) is 0 Å². The number of carbonyl (C=O) groups excluding carboxylic acids is 1. The lowest BCUT2D eigenvalue weighted by Crippen LogP contribution is -2.50. The number of amides is 1. The molecule has 0 aromatic carbocycles. The Balaban J connectivity index is 1.88. The predicted octanol–water partition coefficient (Wildman–Crippen LogP) is 1.06. The van der Waals surface area contributed by atoms with Crippen molar-refractivity contribution in [2.45, 2.75) is 44.6 Å². The zero-order valence-corrected chi connectivity index (χ0v) is 11.8. The molecule has 1 unspecified atom stereocenters. The average molecular weight is 253 g/mol. The van der Waals surface area contributed by atoms with Crippen LogP contribution < -0.4 is 5.73 Å². The molecule has 0 aromatic heterocycles. The lowest BCUT2D eigenvalue weighted by Gasteiger charge is -2.43. The van der Waals surface area contributed by atoms with Crippen LogP contribution in [0.4, 0.5) is 0 Å². The maximum Gasteiger partial charge on any atom is 0.223 e. The van der Waals surface area contributed by atoms with E-state index in [4.69, 9.17) is 5.73 Å². The van der Waals surface area contributed by atoms with Crippen LogP contribution >= 0.6 is 0 Å². The second-order valence-corrected chi connectivity index (χ2v) is 6.33. The zero-order chi connectivity index (χ0) is 13.2. The summed E-state index contributed by atoms with van der Waals surface area (Å²) < 4.78 is 0. The molecule has 0 bridgehead atoms. The minimum absolute atomic E-state index is 0.141. The first kappa shape index (κ1) is 13.8. The highest BCUT2D eigenvalue weighted by atomic mass is 16.2. The van der Waals surface area contributed by atoms with E-state index in [-0.39, 0.29) is 5.41 Å². The minimum atomic E-state index is 0.141. The van der Waals surface area contributed by atoms with Crippen LogP contribution in [-0.4, -0.2) is 55.5 Å². The second kappa shape index (κ2) is 5.57. The lowest BCUT2D eigenvalue weighted by atomic mass is 9.66. The van der Waals surface area contributed by atoms with Gasteiger partial charge in [0.1, 0.15) is 0 Å². The zero-order valence-electron chi connectivity index (χ0n) is 11.8. The molecule has 1 atom stereocenters. The summed E-state index contributed by atoms with van der Waals surface area (Å²) in [5, 5.41) is 0. The van der Waals surface area contributed by atoms with Crippen LogP contribution in [0.25, 0.3) is 0 Å². The highest BCUT2D eigenvalue weighted by molar-refractivity contribution is 5.77. The van der Waals surface area contributed by atoms with Crippen molar-refractivity contribution in [2.24, 2.45) is 11.1 Å². The van der Waals surface area contributed by atoms with Crippen molar-refractivity contribution >= 4 is 5.91 Å². The normalized spacial score (nSPS) is 27.1. The molecule has 2 rings (SSSR count). The van der Waals surface area contributed by atoms with Gasteiger partial charge >= 0.3 is 0 Å². The molecule has 2 N–H and O–H groups in total. The molecule has 2 aliphatic rings. The highest BCUT2D eigenvalue weighted by Gasteiger charge is 2.39. The van der Waals surface area contributed by atoms with E-state index in [0.717, 1.165) is 32.4 Å². The van der Waals surface area contributed by atoms with Gasteiger partial charge in [-0.3, -0.25) is 4.79 Å². The Morgan fingerprint density at radius 2 is 2.11 bits per heavy atom. The lowest BCUT2D eigenvalue weighted by molar-refractivity contribution is -0.137. The monoisotopic (exact) mass is 253 g/mol. The fourth-order valence-electron chi connectivity index (χ4n) is 3.17. The molecule has 1 amide bonds. The Labute approximate surface area is 110 Å². The van der Waals surface area contributed by atoms with Gasteiger partial charge in [-0.05, 0) is 51.7 Å². The average Bonchev–Trinajstić information content (AvgIpc) is 2.33. The van der Waals surface area contributed by atoms with Gasteiger partial charge in [-0.15, -0.1) is 0 Å². The maximum atomic E-state index is 12.4. The molecule has 104 valence electrons. The molecular weight excluding hydrogens is 226 g/mol. The summed E-state index contributed by atoms with van der Waals surface area (Å²) in [6, 6.07) is 0.526. The smallest absolute Gasteiger partial charge is 0.223 e. The van der Waals surface area contributed by atoms with E-state index < -0.39 is 0 Å². The summed E-state index contributed by atoms with van der Waals surface area (Å²) in [7, 11) is 4.21. The molecule has 0 spiro atoms. The van der Waals surface area contributed by atoms with Gasteiger partial charge < -0.3 is 15.5 Å². The molecule has 4 heteroatoms. The van der Waals surface area contributed by atoms with Crippen molar-refractivity contribution in [3.63, 3.8) is 0 Å². The molecule has 1 aliphatic carbocycles. The van der Waals surface area contributed by atoms with Crippen molar-refractivity contribution in [1.82, 2.24) is 9.80 Å². The van der Waals surface area contributed by atoms with Crippen LogP contribution in [0.3, 0.4) is 0 Å². The molecule has 0 radical (unpaired) electrons. The molecule has 1 aliphatic heterocycles. The Bertz CT molecular complexity index is 294. The number of piperidine rings is 1. The molecule has 4 nitrogen and oxygen atoms in total. The molecule has 1 saturated heterocycles. The molecule has 18 heavy (non-hydrogen) atoms. The summed E-state index contributed by atoms with van der Waals surface area (Å²) in [5.41, 5.74) is 5.98. The first-order valence-corrected chi connectivity index (χ1v) is 7.21. The number of carbonyl (C=O) groups is 1. The van der Waals surface area contributed by atoms with E-state index in [1.54, 1.807) is 0 Å². The van der Waals surface area contributed by atoms with E-state index in [9.17, 15) is 4.79 Å². The third-order valence-corrected chi connectivity index (χ3v) is 4.85. The largest absolute Gasteiger partial charge is 0.341 e. The number of likely N-dealkylation sites (tertiary alicyclic amines) is 1. The molecule has 1 saturated carbocycles. The van der Waals surface area contributed by atoms with E-state index >= 15 is 0 Å². The van der Waals surface area contributed by atoms with Gasteiger partial charge in [-0.2, -0.15) is 0 Å². The number of nitrogens with two attached hydrogens (primary N) is 1. The fraction of sp³-hybridized carbons (Fsp3) is 0.929. The van der Waals surface area contributed by atoms with Gasteiger partial charge in [0, 0.05) is 25.6 Å². The van der Waals surface area contributed by atoms with Crippen LogP contribution in [0.2, 0.25) is 0 Å². The summed E-state index contributed by atoms with van der Waals surface area (Å²) in [6.07, 6.45) is 6.53. The van der Waals surface area contributed by atoms with Crippen LogP contribution in [0.1, 0.15) is 38.5 Å². The molecule has 2 fully saturated rings. The van der Waals surface area contributed by atoms with Crippen molar-refractivity contribution in [1.29, 1.82) is 0 Å². The van der Waals surface area contributed by atoms with E-state index in [2.05, 4.69) is 23.9 Å². The first-order chi connectivity index (χ1) is 8.56. The molecule has 1 heterocycles. The van der Waals surface area contributed by atoms with Crippen LogP contribution in [0.15, 0.2) is 0 Å². The van der Waals surface area contributed by atoms with E-state index in [0.29, 0.717) is 24.9 Å². The number of nitrogens with zero attached hydrogens (tertiary/aromatic N) is 2. The summed E-state index contributed by atoms with van der Waals surface area (Å²) in [4.78, 5) is 16.7. The van der Waals surface area contributed by atoms with Crippen LogP contribution in [0, 0.1) is 5.41 Å². The summed E-state index contributed by atoms with van der Waals surface area (Å²) in [5.74, 6) is 0.326. The molecular formula is C14H27N3O. The van der Waals surface area contributed by atoms with Crippen molar-refractivity contribution in [3.8, 4) is 0 Å². The van der Waals surface area contributed by atoms with E-state index in [1.807, 2.05) is 0 Å². The predicted molar refractivity (Wildman–Crippen MR) is 73.2 cm³/mol. The third kappa shape index (κ3) is 2.86.